The Morgan fingerprint density at radius 1 is 0.950 bits per heavy atom. The molecule has 1 N–H and O–H groups in total. The normalized spacial score (nSPS) is 10.3. The Bertz CT molecular complexity index is 555. The maximum absolute atomic E-state index is 11.2. The summed E-state index contributed by atoms with van der Waals surface area (Å²) in [5.74, 6) is 0.112. The first-order valence-electron chi connectivity index (χ1n) is 7.11. The zero-order chi connectivity index (χ0) is 14.4. The van der Waals surface area contributed by atoms with Crippen LogP contribution < -0.4 is 5.32 Å². The van der Waals surface area contributed by atoms with Crippen LogP contribution in [0, 0.1) is 6.92 Å². The first-order chi connectivity index (χ1) is 9.69. The minimum Gasteiger partial charge on any atom is -0.356 e. The molecule has 104 valence electrons. The van der Waals surface area contributed by atoms with Crippen LogP contribution in [0.3, 0.4) is 0 Å². The highest BCUT2D eigenvalue weighted by atomic mass is 16.1. The number of hydrogen-bond donors (Lipinski definition) is 1. The highest BCUT2D eigenvalue weighted by Crippen LogP contribution is 2.20. The molecule has 2 heteroatoms. The lowest BCUT2D eigenvalue weighted by molar-refractivity contribution is -0.120. The summed E-state index contributed by atoms with van der Waals surface area (Å²) >= 11 is 0. The number of nitrogens with one attached hydrogen (secondary N) is 1. The van der Waals surface area contributed by atoms with Gasteiger partial charge in [0.05, 0.1) is 0 Å². The minimum atomic E-state index is 0.112. The fourth-order valence-corrected chi connectivity index (χ4v) is 2.08. The number of aryl methyl sites for hydroxylation is 1. The van der Waals surface area contributed by atoms with Crippen molar-refractivity contribution in [3.05, 3.63) is 59.7 Å². The Labute approximate surface area is 120 Å². The largest absolute Gasteiger partial charge is 0.356 e. The molecule has 2 aromatic carbocycles. The van der Waals surface area contributed by atoms with Gasteiger partial charge >= 0.3 is 0 Å². The summed E-state index contributed by atoms with van der Waals surface area (Å²) in [6, 6.07) is 17.1. The lowest BCUT2D eigenvalue weighted by atomic mass is 10.0. The maximum Gasteiger partial charge on any atom is 0.219 e. The number of carbonyl (C=O) groups is 1. The van der Waals surface area contributed by atoms with E-state index in [1.807, 2.05) is 6.92 Å². The van der Waals surface area contributed by atoms with E-state index >= 15 is 0 Å². The van der Waals surface area contributed by atoms with Crippen molar-refractivity contribution in [2.45, 2.75) is 26.7 Å². The number of benzene rings is 2. The molecule has 0 bridgehead atoms. The second-order valence-electron chi connectivity index (χ2n) is 5.02. The second-order valence-corrected chi connectivity index (χ2v) is 5.02. The molecule has 0 radical (unpaired) electrons. The van der Waals surface area contributed by atoms with E-state index in [0.29, 0.717) is 13.0 Å². The van der Waals surface area contributed by atoms with E-state index in [1.165, 1.54) is 22.3 Å². The lowest BCUT2D eigenvalue weighted by Crippen LogP contribution is -2.24. The van der Waals surface area contributed by atoms with Gasteiger partial charge in [0.2, 0.25) is 5.91 Å². The maximum atomic E-state index is 11.2. The molecule has 2 aromatic rings. The van der Waals surface area contributed by atoms with Gasteiger partial charge in [-0.3, -0.25) is 4.79 Å². The Hall–Kier alpha value is -2.09. The van der Waals surface area contributed by atoms with Crippen molar-refractivity contribution in [1.82, 2.24) is 5.32 Å². The summed E-state index contributed by atoms with van der Waals surface area (Å²) < 4.78 is 0. The summed E-state index contributed by atoms with van der Waals surface area (Å²) in [5, 5.41) is 2.89. The summed E-state index contributed by atoms with van der Waals surface area (Å²) in [4.78, 5) is 11.2. The van der Waals surface area contributed by atoms with Crippen LogP contribution in [0.25, 0.3) is 11.1 Å². The third-order valence-corrected chi connectivity index (χ3v) is 3.40. The van der Waals surface area contributed by atoms with Gasteiger partial charge in [-0.2, -0.15) is 0 Å². The lowest BCUT2D eigenvalue weighted by Gasteiger charge is -2.06. The fourth-order valence-electron chi connectivity index (χ4n) is 2.08. The summed E-state index contributed by atoms with van der Waals surface area (Å²) in [6.45, 7) is 4.67. The van der Waals surface area contributed by atoms with Gasteiger partial charge in [-0.1, -0.05) is 61.0 Å². The molecular formula is C18H21NO. The molecule has 0 aliphatic heterocycles. The van der Waals surface area contributed by atoms with Crippen LogP contribution in [-0.4, -0.2) is 12.5 Å². The Morgan fingerprint density at radius 2 is 1.50 bits per heavy atom. The van der Waals surface area contributed by atoms with Crippen LogP contribution in [0.5, 0.6) is 0 Å². The van der Waals surface area contributed by atoms with Crippen LogP contribution in [0.1, 0.15) is 24.5 Å². The molecular weight excluding hydrogens is 246 g/mol. The standard InChI is InChI=1S/C18H21NO/c1-3-18(20)19-13-12-15-6-10-17(11-7-15)16-8-4-14(2)5-9-16/h4-11H,3,12-13H2,1-2H3,(H,19,20). The van der Waals surface area contributed by atoms with Gasteiger partial charge in [0.1, 0.15) is 0 Å². The van der Waals surface area contributed by atoms with E-state index in [4.69, 9.17) is 0 Å². The van der Waals surface area contributed by atoms with Gasteiger partial charge in [0.15, 0.2) is 0 Å². The molecule has 0 saturated heterocycles. The van der Waals surface area contributed by atoms with Crippen molar-refractivity contribution in [1.29, 1.82) is 0 Å². The van der Waals surface area contributed by atoms with Crippen molar-refractivity contribution >= 4 is 5.91 Å². The Balaban J connectivity index is 1.96. The van der Waals surface area contributed by atoms with Gasteiger partial charge in [0.25, 0.3) is 0 Å². The number of carbonyl (C=O) groups excluding carboxylic acids is 1. The van der Waals surface area contributed by atoms with E-state index in [2.05, 4.69) is 60.8 Å². The van der Waals surface area contributed by atoms with Gasteiger partial charge in [-0.25, -0.2) is 0 Å². The van der Waals surface area contributed by atoms with E-state index in [0.717, 1.165) is 6.42 Å². The SMILES string of the molecule is CCC(=O)NCCc1ccc(-c2ccc(C)cc2)cc1. The molecule has 0 heterocycles. The second kappa shape index (κ2) is 6.90. The smallest absolute Gasteiger partial charge is 0.219 e. The van der Waals surface area contributed by atoms with Crippen LogP contribution >= 0.6 is 0 Å². The van der Waals surface area contributed by atoms with Gasteiger partial charge in [0, 0.05) is 13.0 Å². The fraction of sp³-hybridized carbons (Fsp3) is 0.278. The van der Waals surface area contributed by atoms with Gasteiger partial charge < -0.3 is 5.32 Å². The highest BCUT2D eigenvalue weighted by molar-refractivity contribution is 5.75. The zero-order valence-electron chi connectivity index (χ0n) is 12.1. The topological polar surface area (TPSA) is 29.1 Å². The molecule has 1 amide bonds. The molecule has 0 saturated carbocycles. The summed E-state index contributed by atoms with van der Waals surface area (Å²) in [7, 11) is 0. The first kappa shape index (κ1) is 14.3. The average Bonchev–Trinajstić information content (AvgIpc) is 2.48. The van der Waals surface area contributed by atoms with E-state index < -0.39 is 0 Å². The van der Waals surface area contributed by atoms with Gasteiger partial charge in [-0.15, -0.1) is 0 Å². The van der Waals surface area contributed by atoms with E-state index in [9.17, 15) is 4.79 Å². The van der Waals surface area contributed by atoms with Crippen LogP contribution in [0.4, 0.5) is 0 Å². The third-order valence-electron chi connectivity index (χ3n) is 3.40. The minimum absolute atomic E-state index is 0.112. The zero-order valence-corrected chi connectivity index (χ0v) is 12.1. The van der Waals surface area contributed by atoms with Gasteiger partial charge in [-0.05, 0) is 30.0 Å². The van der Waals surface area contributed by atoms with Crippen molar-refractivity contribution < 1.29 is 4.79 Å². The van der Waals surface area contributed by atoms with E-state index in [1.54, 1.807) is 0 Å². The van der Waals surface area contributed by atoms with Crippen molar-refractivity contribution in [2.75, 3.05) is 6.54 Å². The molecule has 0 spiro atoms. The summed E-state index contributed by atoms with van der Waals surface area (Å²) in [5.41, 5.74) is 4.99. The molecule has 0 aliphatic carbocycles. The number of amides is 1. The highest BCUT2D eigenvalue weighted by Gasteiger charge is 1.99. The monoisotopic (exact) mass is 267 g/mol. The average molecular weight is 267 g/mol. The molecule has 0 atom stereocenters. The first-order valence-corrected chi connectivity index (χ1v) is 7.11. The van der Waals surface area contributed by atoms with Crippen LogP contribution in [0.15, 0.2) is 48.5 Å². The van der Waals surface area contributed by atoms with Crippen molar-refractivity contribution in [3.63, 3.8) is 0 Å². The van der Waals surface area contributed by atoms with Crippen LogP contribution in [-0.2, 0) is 11.2 Å². The molecule has 0 unspecified atom stereocenters. The molecule has 20 heavy (non-hydrogen) atoms. The number of rotatable bonds is 5. The molecule has 2 nitrogen and oxygen atoms in total. The third kappa shape index (κ3) is 3.95. The van der Waals surface area contributed by atoms with Crippen molar-refractivity contribution in [3.8, 4) is 11.1 Å². The van der Waals surface area contributed by atoms with Crippen LogP contribution in [0.2, 0.25) is 0 Å². The summed E-state index contributed by atoms with van der Waals surface area (Å²) in [6.07, 6.45) is 1.42. The molecule has 0 aliphatic rings. The molecule has 0 aromatic heterocycles. The predicted octanol–water partition coefficient (Wildman–Crippen LogP) is 3.73. The Kier molecular flexibility index (Phi) is 4.94. The quantitative estimate of drug-likeness (QED) is 0.878. The Morgan fingerprint density at radius 3 is 2.05 bits per heavy atom. The van der Waals surface area contributed by atoms with E-state index in [-0.39, 0.29) is 5.91 Å². The predicted molar refractivity (Wildman–Crippen MR) is 83.6 cm³/mol. The number of hydrogen-bond acceptors (Lipinski definition) is 1. The van der Waals surface area contributed by atoms with Crippen molar-refractivity contribution in [2.24, 2.45) is 0 Å². The molecule has 0 fully saturated rings. The molecule has 2 rings (SSSR count).